The SMILES string of the molecule is CC(C)[Si](OC(=O)N=NC(=O)OC1CCCC1)(C(C)C)C(C)C. The summed E-state index contributed by atoms with van der Waals surface area (Å²) in [4.78, 5) is 23.6. The Bertz CT molecular complexity index is 422. The van der Waals surface area contributed by atoms with Crippen LogP contribution in [0.15, 0.2) is 10.2 Å². The van der Waals surface area contributed by atoms with Gasteiger partial charge in [-0.2, -0.15) is 0 Å². The van der Waals surface area contributed by atoms with E-state index >= 15 is 0 Å². The molecule has 0 unspecified atom stereocenters. The smallest absolute Gasteiger partial charge is 0.452 e. The van der Waals surface area contributed by atoms with Crippen LogP contribution >= 0.6 is 0 Å². The predicted octanol–water partition coefficient (Wildman–Crippen LogP) is 5.83. The molecule has 132 valence electrons. The molecule has 0 saturated heterocycles. The maximum atomic E-state index is 12.1. The van der Waals surface area contributed by atoms with Crippen molar-refractivity contribution < 1.29 is 18.8 Å². The molecule has 0 aliphatic heterocycles. The summed E-state index contributed by atoms with van der Waals surface area (Å²) >= 11 is 0. The van der Waals surface area contributed by atoms with Gasteiger partial charge in [0.25, 0.3) is 8.32 Å². The van der Waals surface area contributed by atoms with Crippen molar-refractivity contribution >= 4 is 20.5 Å². The van der Waals surface area contributed by atoms with Crippen molar-refractivity contribution in [1.29, 1.82) is 0 Å². The summed E-state index contributed by atoms with van der Waals surface area (Å²) < 4.78 is 10.9. The minimum Gasteiger partial charge on any atom is -0.500 e. The van der Waals surface area contributed by atoms with Gasteiger partial charge < -0.3 is 9.16 Å². The summed E-state index contributed by atoms with van der Waals surface area (Å²) in [6, 6.07) is 0. The van der Waals surface area contributed by atoms with Gasteiger partial charge in [-0.05, 0) is 42.3 Å². The van der Waals surface area contributed by atoms with Gasteiger partial charge in [0.05, 0.1) is 0 Å². The molecular formula is C16H30N2O4Si. The Kier molecular flexibility index (Phi) is 7.37. The Morgan fingerprint density at radius 3 is 1.74 bits per heavy atom. The first-order valence-corrected chi connectivity index (χ1v) is 10.7. The normalized spacial score (nSPS) is 16.7. The number of azo groups is 1. The Morgan fingerprint density at radius 2 is 1.30 bits per heavy atom. The maximum Gasteiger partial charge on any atom is 0.452 e. The van der Waals surface area contributed by atoms with Crippen LogP contribution in [-0.4, -0.2) is 26.6 Å². The molecule has 0 aromatic carbocycles. The summed E-state index contributed by atoms with van der Waals surface area (Å²) in [6.45, 7) is 12.4. The molecular weight excluding hydrogens is 312 g/mol. The van der Waals surface area contributed by atoms with Gasteiger partial charge in [0, 0.05) is 0 Å². The largest absolute Gasteiger partial charge is 0.500 e. The van der Waals surface area contributed by atoms with Crippen LogP contribution in [0.25, 0.3) is 0 Å². The second-order valence-electron chi connectivity index (χ2n) is 7.18. The number of amides is 2. The zero-order valence-electron chi connectivity index (χ0n) is 15.2. The van der Waals surface area contributed by atoms with Crippen LogP contribution in [-0.2, 0) is 9.16 Å². The number of carbonyl (C=O) groups excluding carboxylic acids is 2. The first-order valence-electron chi connectivity index (χ1n) is 8.55. The van der Waals surface area contributed by atoms with Gasteiger partial charge in [-0.3, -0.25) is 0 Å². The van der Waals surface area contributed by atoms with E-state index < -0.39 is 20.5 Å². The molecule has 0 bridgehead atoms. The van der Waals surface area contributed by atoms with E-state index in [0.29, 0.717) is 0 Å². The number of carbonyl (C=O) groups is 2. The summed E-state index contributed by atoms with van der Waals surface area (Å²) in [5, 5.41) is 6.78. The van der Waals surface area contributed by atoms with Gasteiger partial charge in [-0.25, -0.2) is 9.59 Å². The molecule has 0 aromatic rings. The van der Waals surface area contributed by atoms with Gasteiger partial charge in [0.15, 0.2) is 0 Å². The Labute approximate surface area is 140 Å². The Hall–Kier alpha value is -1.24. The second kappa shape index (κ2) is 8.56. The fraction of sp³-hybridized carbons (Fsp3) is 0.875. The average molecular weight is 343 g/mol. The van der Waals surface area contributed by atoms with Crippen LogP contribution in [0.1, 0.15) is 67.2 Å². The molecule has 0 heterocycles. The topological polar surface area (TPSA) is 77.3 Å². The lowest BCUT2D eigenvalue weighted by Gasteiger charge is -2.40. The van der Waals surface area contributed by atoms with Crippen molar-refractivity contribution in [2.45, 2.75) is 90.0 Å². The van der Waals surface area contributed by atoms with Crippen molar-refractivity contribution in [1.82, 2.24) is 0 Å². The first-order chi connectivity index (χ1) is 10.7. The monoisotopic (exact) mass is 342 g/mol. The first kappa shape index (κ1) is 19.8. The van der Waals surface area contributed by atoms with Gasteiger partial charge >= 0.3 is 12.2 Å². The van der Waals surface area contributed by atoms with Gasteiger partial charge in [0.2, 0.25) is 0 Å². The Morgan fingerprint density at radius 1 is 0.870 bits per heavy atom. The lowest BCUT2D eigenvalue weighted by atomic mass is 10.3. The molecule has 0 radical (unpaired) electrons. The van der Waals surface area contributed by atoms with Crippen molar-refractivity contribution in [3.63, 3.8) is 0 Å². The van der Waals surface area contributed by atoms with E-state index in [2.05, 4.69) is 51.8 Å². The third-order valence-electron chi connectivity index (χ3n) is 4.75. The molecule has 1 fully saturated rings. The van der Waals surface area contributed by atoms with Crippen molar-refractivity contribution in [3.05, 3.63) is 0 Å². The van der Waals surface area contributed by atoms with Crippen LogP contribution < -0.4 is 0 Å². The highest BCUT2D eigenvalue weighted by atomic mass is 28.4. The third kappa shape index (κ3) is 5.12. The molecule has 0 N–H and O–H groups in total. The van der Waals surface area contributed by atoms with E-state index in [1.807, 2.05) is 0 Å². The molecule has 0 spiro atoms. The molecule has 0 atom stereocenters. The molecule has 1 saturated carbocycles. The summed E-state index contributed by atoms with van der Waals surface area (Å²) in [5.41, 5.74) is 0.770. The average Bonchev–Trinajstić information content (AvgIpc) is 2.94. The lowest BCUT2D eigenvalue weighted by Crippen LogP contribution is -2.48. The van der Waals surface area contributed by atoms with Crippen LogP contribution in [0.2, 0.25) is 16.6 Å². The van der Waals surface area contributed by atoms with Crippen molar-refractivity contribution in [3.8, 4) is 0 Å². The van der Waals surface area contributed by atoms with Crippen LogP contribution in [0, 0.1) is 0 Å². The lowest BCUT2D eigenvalue weighted by molar-refractivity contribution is 0.108. The number of hydrogen-bond donors (Lipinski definition) is 0. The minimum atomic E-state index is -2.35. The molecule has 7 heteroatoms. The molecule has 1 aliphatic rings. The summed E-state index contributed by atoms with van der Waals surface area (Å²) in [6.07, 6.45) is 2.15. The highest BCUT2D eigenvalue weighted by molar-refractivity contribution is 6.78. The van der Waals surface area contributed by atoms with Gasteiger partial charge in [-0.15, -0.1) is 0 Å². The van der Waals surface area contributed by atoms with E-state index in [9.17, 15) is 9.59 Å². The highest BCUT2D eigenvalue weighted by Gasteiger charge is 2.48. The standard InChI is InChI=1S/C16H30N2O4Si/c1-11(2)23(12(3)4,13(5)6)22-16(20)18-17-15(19)21-14-9-7-8-10-14/h11-14H,7-10H2,1-6H3. The van der Waals surface area contributed by atoms with Crippen LogP contribution in [0.5, 0.6) is 0 Å². The zero-order valence-corrected chi connectivity index (χ0v) is 16.2. The number of rotatable bonds is 5. The highest BCUT2D eigenvalue weighted by Crippen LogP contribution is 2.42. The zero-order chi connectivity index (χ0) is 17.6. The van der Waals surface area contributed by atoms with Crippen LogP contribution in [0.4, 0.5) is 9.59 Å². The number of hydrogen-bond acceptors (Lipinski definition) is 4. The second-order valence-corrected chi connectivity index (χ2v) is 12.6. The summed E-state index contributed by atoms with van der Waals surface area (Å²) in [7, 11) is -2.35. The number of ether oxygens (including phenoxy) is 1. The predicted molar refractivity (Wildman–Crippen MR) is 91.1 cm³/mol. The molecule has 1 rings (SSSR count). The molecule has 2 amide bonds. The van der Waals surface area contributed by atoms with E-state index in [4.69, 9.17) is 9.16 Å². The summed E-state index contributed by atoms with van der Waals surface area (Å²) in [5.74, 6) is 0. The Balaban J connectivity index is 2.67. The molecule has 23 heavy (non-hydrogen) atoms. The molecule has 1 aliphatic carbocycles. The fourth-order valence-corrected chi connectivity index (χ4v) is 8.83. The molecule has 0 aromatic heterocycles. The molecule has 6 nitrogen and oxygen atoms in total. The minimum absolute atomic E-state index is 0.0899. The maximum absolute atomic E-state index is 12.1. The van der Waals surface area contributed by atoms with E-state index in [-0.39, 0.29) is 22.7 Å². The van der Waals surface area contributed by atoms with E-state index in [1.54, 1.807) is 0 Å². The van der Waals surface area contributed by atoms with Gasteiger partial charge in [-0.1, -0.05) is 51.8 Å². The third-order valence-corrected chi connectivity index (χ3v) is 10.7. The van der Waals surface area contributed by atoms with E-state index in [1.165, 1.54) is 0 Å². The van der Waals surface area contributed by atoms with Crippen molar-refractivity contribution in [2.24, 2.45) is 10.2 Å². The van der Waals surface area contributed by atoms with E-state index in [0.717, 1.165) is 25.7 Å². The van der Waals surface area contributed by atoms with Crippen LogP contribution in [0.3, 0.4) is 0 Å². The number of nitrogens with zero attached hydrogens (tertiary/aromatic N) is 2. The fourth-order valence-electron chi connectivity index (χ4n) is 3.78. The quantitative estimate of drug-likeness (QED) is 0.465. The van der Waals surface area contributed by atoms with Gasteiger partial charge in [0.1, 0.15) is 6.10 Å². The van der Waals surface area contributed by atoms with Crippen molar-refractivity contribution in [2.75, 3.05) is 0 Å².